The van der Waals surface area contributed by atoms with Gasteiger partial charge in [0, 0.05) is 0 Å². The molecule has 0 saturated heterocycles. The number of rotatable bonds is 6. The van der Waals surface area contributed by atoms with Gasteiger partial charge in [-0.25, -0.2) is 9.59 Å². The summed E-state index contributed by atoms with van der Waals surface area (Å²) in [4.78, 5) is 25.7. The zero-order chi connectivity index (χ0) is 22.5. The highest BCUT2D eigenvalue weighted by atomic mass is 16.5. The summed E-state index contributed by atoms with van der Waals surface area (Å²) in [5.74, 6) is 1.05. The average molecular weight is 428 g/mol. The number of hydrogen-bond acceptors (Lipinski definition) is 6. The molecule has 0 aliphatic rings. The summed E-state index contributed by atoms with van der Waals surface area (Å²) in [5, 5.41) is 1.19. The molecule has 0 aliphatic carbocycles. The summed E-state index contributed by atoms with van der Waals surface area (Å²) in [6.07, 6.45) is 0. The van der Waals surface area contributed by atoms with E-state index in [-0.39, 0.29) is 0 Å². The Morgan fingerprint density at radius 2 is 0.844 bits per heavy atom. The molecule has 0 spiro atoms. The van der Waals surface area contributed by atoms with E-state index < -0.39 is 11.9 Å². The fraction of sp³-hybridized carbons (Fsp3) is 0.0769. The lowest BCUT2D eigenvalue weighted by Crippen LogP contribution is -2.11. The summed E-state index contributed by atoms with van der Waals surface area (Å²) >= 11 is 0. The van der Waals surface area contributed by atoms with Gasteiger partial charge in [-0.2, -0.15) is 0 Å². The van der Waals surface area contributed by atoms with Gasteiger partial charge in [0.1, 0.15) is 23.0 Å². The Hall–Kier alpha value is -4.32. The highest BCUT2D eigenvalue weighted by Gasteiger charge is 2.18. The summed E-state index contributed by atoms with van der Waals surface area (Å²) in [6.45, 7) is 0. The molecule has 6 heteroatoms. The number of benzene rings is 4. The number of methoxy groups -OCH3 is 2. The maximum Gasteiger partial charge on any atom is 0.344 e. The van der Waals surface area contributed by atoms with Crippen LogP contribution in [0.5, 0.6) is 23.0 Å². The second-order valence-electron chi connectivity index (χ2n) is 6.84. The molecule has 0 aliphatic heterocycles. The van der Waals surface area contributed by atoms with E-state index in [1.54, 1.807) is 99.1 Å². The third-order valence-electron chi connectivity index (χ3n) is 4.90. The molecule has 0 fully saturated rings. The van der Waals surface area contributed by atoms with Crippen molar-refractivity contribution in [3.8, 4) is 23.0 Å². The van der Waals surface area contributed by atoms with E-state index in [1.165, 1.54) is 0 Å². The van der Waals surface area contributed by atoms with Crippen LogP contribution in [0, 0.1) is 0 Å². The van der Waals surface area contributed by atoms with Crippen LogP contribution in [0.4, 0.5) is 0 Å². The summed E-state index contributed by atoms with van der Waals surface area (Å²) in [6, 6.07) is 23.7. The topological polar surface area (TPSA) is 71.1 Å². The third kappa shape index (κ3) is 4.39. The molecule has 0 amide bonds. The lowest BCUT2D eigenvalue weighted by Gasteiger charge is -2.11. The molecule has 4 rings (SSSR count). The first-order valence-electron chi connectivity index (χ1n) is 9.83. The fourth-order valence-corrected chi connectivity index (χ4v) is 3.28. The van der Waals surface area contributed by atoms with Crippen molar-refractivity contribution in [3.05, 3.63) is 96.1 Å². The molecular formula is C26H20O6. The summed E-state index contributed by atoms with van der Waals surface area (Å²) in [5.41, 5.74) is 0.690. The number of esters is 2. The number of ether oxygens (including phenoxy) is 4. The average Bonchev–Trinajstić information content (AvgIpc) is 2.84. The van der Waals surface area contributed by atoms with Gasteiger partial charge in [-0.05, 0) is 71.4 Å². The lowest BCUT2D eigenvalue weighted by atomic mass is 10.00. The van der Waals surface area contributed by atoms with Crippen LogP contribution in [0.3, 0.4) is 0 Å². The Balaban J connectivity index is 1.61. The Bertz CT molecular complexity index is 1160. The molecule has 0 aromatic heterocycles. The minimum Gasteiger partial charge on any atom is -0.497 e. The van der Waals surface area contributed by atoms with Crippen molar-refractivity contribution in [3.63, 3.8) is 0 Å². The second-order valence-corrected chi connectivity index (χ2v) is 6.84. The van der Waals surface area contributed by atoms with E-state index in [4.69, 9.17) is 18.9 Å². The molecule has 0 bridgehead atoms. The van der Waals surface area contributed by atoms with Crippen molar-refractivity contribution < 1.29 is 28.5 Å². The van der Waals surface area contributed by atoms with Crippen LogP contribution in [0.25, 0.3) is 10.8 Å². The highest BCUT2D eigenvalue weighted by Crippen LogP contribution is 2.26. The smallest absolute Gasteiger partial charge is 0.344 e. The molecule has 4 aromatic carbocycles. The Labute approximate surface area is 184 Å². The van der Waals surface area contributed by atoms with Gasteiger partial charge in [-0.3, -0.25) is 0 Å². The van der Waals surface area contributed by atoms with Crippen LogP contribution in [0.2, 0.25) is 0 Å². The SMILES string of the molecule is COc1ccc(OC(=O)c2cccc3c(C(=O)Oc4ccc(OC)cc4)cccc23)cc1. The Kier molecular flexibility index (Phi) is 6.03. The second kappa shape index (κ2) is 9.22. The molecule has 160 valence electrons. The number of fused-ring (bicyclic) bond motifs is 1. The van der Waals surface area contributed by atoms with Gasteiger partial charge in [0.05, 0.1) is 25.3 Å². The molecule has 0 saturated carbocycles. The molecule has 32 heavy (non-hydrogen) atoms. The molecule has 0 N–H and O–H groups in total. The molecule has 0 atom stereocenters. The van der Waals surface area contributed by atoms with E-state index in [0.717, 1.165) is 0 Å². The van der Waals surface area contributed by atoms with Gasteiger partial charge >= 0.3 is 11.9 Å². The van der Waals surface area contributed by atoms with Crippen LogP contribution >= 0.6 is 0 Å². The van der Waals surface area contributed by atoms with Crippen molar-refractivity contribution in [2.45, 2.75) is 0 Å². The first kappa shape index (κ1) is 20.9. The van der Waals surface area contributed by atoms with Gasteiger partial charge in [-0.1, -0.05) is 24.3 Å². The quantitative estimate of drug-likeness (QED) is 0.307. The minimum atomic E-state index is -0.526. The van der Waals surface area contributed by atoms with Crippen molar-refractivity contribution >= 4 is 22.7 Å². The van der Waals surface area contributed by atoms with Crippen molar-refractivity contribution in [2.24, 2.45) is 0 Å². The zero-order valence-corrected chi connectivity index (χ0v) is 17.5. The standard InChI is InChI=1S/C26H20O6/c1-29-17-9-13-19(14-10-17)31-25(27)23-7-3-6-22-21(23)5-4-8-24(22)26(28)32-20-15-11-18(30-2)12-16-20/h3-16H,1-2H3. The number of hydrogen-bond donors (Lipinski definition) is 0. The highest BCUT2D eigenvalue weighted by molar-refractivity contribution is 6.11. The van der Waals surface area contributed by atoms with E-state index in [1.807, 2.05) is 0 Å². The van der Waals surface area contributed by atoms with Gasteiger partial charge < -0.3 is 18.9 Å². The minimum absolute atomic E-state index is 0.345. The molecule has 0 heterocycles. The first-order chi connectivity index (χ1) is 15.6. The van der Waals surface area contributed by atoms with Crippen molar-refractivity contribution in [2.75, 3.05) is 14.2 Å². The Morgan fingerprint density at radius 1 is 0.500 bits per heavy atom. The summed E-state index contributed by atoms with van der Waals surface area (Å²) < 4.78 is 21.2. The third-order valence-corrected chi connectivity index (χ3v) is 4.90. The van der Waals surface area contributed by atoms with Gasteiger partial charge in [0.25, 0.3) is 0 Å². The number of carbonyl (C=O) groups is 2. The lowest BCUT2D eigenvalue weighted by molar-refractivity contribution is 0.0725. The largest absolute Gasteiger partial charge is 0.497 e. The molecule has 0 unspecified atom stereocenters. The van der Waals surface area contributed by atoms with E-state index >= 15 is 0 Å². The van der Waals surface area contributed by atoms with E-state index in [2.05, 4.69) is 0 Å². The van der Waals surface area contributed by atoms with Crippen molar-refractivity contribution in [1.82, 2.24) is 0 Å². The van der Waals surface area contributed by atoms with Crippen LogP contribution in [-0.2, 0) is 0 Å². The van der Waals surface area contributed by atoms with Crippen LogP contribution < -0.4 is 18.9 Å². The predicted octanol–water partition coefficient (Wildman–Crippen LogP) is 5.30. The monoisotopic (exact) mass is 428 g/mol. The van der Waals surface area contributed by atoms with Gasteiger partial charge in [-0.15, -0.1) is 0 Å². The maximum atomic E-state index is 12.8. The predicted molar refractivity (Wildman–Crippen MR) is 120 cm³/mol. The van der Waals surface area contributed by atoms with E-state index in [0.29, 0.717) is 44.9 Å². The van der Waals surface area contributed by atoms with Crippen LogP contribution in [-0.4, -0.2) is 26.2 Å². The zero-order valence-electron chi connectivity index (χ0n) is 17.5. The van der Waals surface area contributed by atoms with Crippen LogP contribution in [0.15, 0.2) is 84.9 Å². The number of carbonyl (C=O) groups excluding carboxylic acids is 2. The first-order valence-corrected chi connectivity index (χ1v) is 9.83. The molecule has 4 aromatic rings. The molecule has 0 radical (unpaired) electrons. The van der Waals surface area contributed by atoms with Crippen molar-refractivity contribution in [1.29, 1.82) is 0 Å². The molecular weight excluding hydrogens is 408 g/mol. The van der Waals surface area contributed by atoms with Gasteiger partial charge in [0.2, 0.25) is 0 Å². The normalized spacial score (nSPS) is 10.4. The maximum absolute atomic E-state index is 12.8. The molecule has 6 nitrogen and oxygen atoms in total. The van der Waals surface area contributed by atoms with E-state index in [9.17, 15) is 9.59 Å². The van der Waals surface area contributed by atoms with Crippen LogP contribution in [0.1, 0.15) is 20.7 Å². The fourth-order valence-electron chi connectivity index (χ4n) is 3.28. The summed E-state index contributed by atoms with van der Waals surface area (Å²) in [7, 11) is 3.13. The van der Waals surface area contributed by atoms with Gasteiger partial charge in [0.15, 0.2) is 0 Å². The Morgan fingerprint density at radius 3 is 1.19 bits per heavy atom.